The summed E-state index contributed by atoms with van der Waals surface area (Å²) in [5.41, 5.74) is 2.78. The monoisotopic (exact) mass is 273 g/mol. The molecule has 20 heavy (non-hydrogen) atoms. The topological polar surface area (TPSA) is 49.3 Å². The van der Waals surface area contributed by atoms with E-state index in [4.69, 9.17) is 0 Å². The summed E-state index contributed by atoms with van der Waals surface area (Å²) >= 11 is 0. The number of aryl methyl sites for hydroxylation is 1. The molecule has 0 bridgehead atoms. The van der Waals surface area contributed by atoms with E-state index >= 15 is 0 Å². The van der Waals surface area contributed by atoms with Crippen LogP contribution in [0.25, 0.3) is 0 Å². The van der Waals surface area contributed by atoms with Gasteiger partial charge in [0.05, 0.1) is 12.6 Å². The SMILES string of the molecule is CC(C)C(CO)NC(=O)C1C2CCc3ccccc3C21. The van der Waals surface area contributed by atoms with Crippen molar-refractivity contribution in [3.8, 4) is 0 Å². The summed E-state index contributed by atoms with van der Waals surface area (Å²) in [6.45, 7) is 4.06. The Kier molecular flexibility index (Phi) is 3.55. The Morgan fingerprint density at radius 3 is 2.85 bits per heavy atom. The third kappa shape index (κ3) is 2.24. The van der Waals surface area contributed by atoms with Gasteiger partial charge in [0.25, 0.3) is 0 Å². The summed E-state index contributed by atoms with van der Waals surface area (Å²) in [6, 6.07) is 8.38. The van der Waals surface area contributed by atoms with Crippen molar-refractivity contribution in [3.63, 3.8) is 0 Å². The second kappa shape index (κ2) is 5.21. The minimum Gasteiger partial charge on any atom is -0.394 e. The number of hydrogen-bond acceptors (Lipinski definition) is 2. The molecule has 3 heteroatoms. The molecule has 4 atom stereocenters. The maximum atomic E-state index is 12.4. The molecule has 0 spiro atoms. The van der Waals surface area contributed by atoms with Gasteiger partial charge in [0.1, 0.15) is 0 Å². The highest BCUT2D eigenvalue weighted by Gasteiger charge is 2.57. The van der Waals surface area contributed by atoms with Crippen LogP contribution in [0.15, 0.2) is 24.3 Å². The first-order chi connectivity index (χ1) is 9.63. The molecule has 2 aliphatic carbocycles. The molecule has 4 unspecified atom stereocenters. The fourth-order valence-corrected chi connectivity index (χ4v) is 3.63. The molecular formula is C17H23NO2. The molecule has 2 N–H and O–H groups in total. The molecule has 1 aromatic carbocycles. The van der Waals surface area contributed by atoms with Crippen LogP contribution in [-0.2, 0) is 11.2 Å². The third-order valence-electron chi connectivity index (χ3n) is 4.96. The van der Waals surface area contributed by atoms with Crippen LogP contribution in [0.1, 0.15) is 37.3 Å². The summed E-state index contributed by atoms with van der Waals surface area (Å²) in [5.74, 6) is 1.43. The van der Waals surface area contributed by atoms with Gasteiger partial charge >= 0.3 is 0 Å². The van der Waals surface area contributed by atoms with E-state index in [1.165, 1.54) is 11.1 Å². The van der Waals surface area contributed by atoms with Gasteiger partial charge in [-0.25, -0.2) is 0 Å². The van der Waals surface area contributed by atoms with Gasteiger partial charge in [0, 0.05) is 5.92 Å². The highest BCUT2D eigenvalue weighted by atomic mass is 16.3. The van der Waals surface area contributed by atoms with Gasteiger partial charge in [-0.05, 0) is 41.7 Å². The van der Waals surface area contributed by atoms with Crippen LogP contribution in [0.2, 0.25) is 0 Å². The lowest BCUT2D eigenvalue weighted by Gasteiger charge is -2.20. The second-order valence-electron chi connectivity index (χ2n) is 6.49. The minimum atomic E-state index is -0.125. The lowest BCUT2D eigenvalue weighted by Crippen LogP contribution is -2.42. The van der Waals surface area contributed by atoms with E-state index in [9.17, 15) is 9.90 Å². The van der Waals surface area contributed by atoms with Crippen LogP contribution in [-0.4, -0.2) is 23.7 Å². The van der Waals surface area contributed by atoms with Crippen LogP contribution in [0.3, 0.4) is 0 Å². The molecule has 108 valence electrons. The zero-order valence-corrected chi connectivity index (χ0v) is 12.2. The van der Waals surface area contributed by atoms with Gasteiger partial charge in [0.15, 0.2) is 0 Å². The zero-order chi connectivity index (χ0) is 14.3. The average molecular weight is 273 g/mol. The van der Waals surface area contributed by atoms with E-state index < -0.39 is 0 Å². The molecule has 0 heterocycles. The zero-order valence-electron chi connectivity index (χ0n) is 12.2. The van der Waals surface area contributed by atoms with Gasteiger partial charge in [-0.2, -0.15) is 0 Å². The molecule has 3 nitrogen and oxygen atoms in total. The normalized spacial score (nSPS) is 28.5. The van der Waals surface area contributed by atoms with Crippen LogP contribution in [0.4, 0.5) is 0 Å². The van der Waals surface area contributed by atoms with Crippen molar-refractivity contribution in [2.24, 2.45) is 17.8 Å². The van der Waals surface area contributed by atoms with Crippen molar-refractivity contribution < 1.29 is 9.90 Å². The van der Waals surface area contributed by atoms with Crippen LogP contribution >= 0.6 is 0 Å². The highest BCUT2D eigenvalue weighted by molar-refractivity contribution is 5.84. The molecule has 1 saturated carbocycles. The molecule has 0 aromatic heterocycles. The Morgan fingerprint density at radius 2 is 2.15 bits per heavy atom. The first-order valence-corrected chi connectivity index (χ1v) is 7.62. The number of aliphatic hydroxyl groups excluding tert-OH is 1. The Morgan fingerprint density at radius 1 is 1.40 bits per heavy atom. The summed E-state index contributed by atoms with van der Waals surface area (Å²) in [6.07, 6.45) is 2.21. The minimum absolute atomic E-state index is 0.0159. The van der Waals surface area contributed by atoms with Crippen molar-refractivity contribution in [2.75, 3.05) is 6.61 Å². The highest BCUT2D eigenvalue weighted by Crippen LogP contribution is 2.59. The molecule has 1 amide bonds. The Hall–Kier alpha value is -1.35. The van der Waals surface area contributed by atoms with Crippen LogP contribution in [0.5, 0.6) is 0 Å². The van der Waals surface area contributed by atoms with Gasteiger partial charge in [0.2, 0.25) is 5.91 Å². The van der Waals surface area contributed by atoms with E-state index in [1.807, 2.05) is 13.8 Å². The average Bonchev–Trinajstić information content (AvgIpc) is 3.19. The van der Waals surface area contributed by atoms with E-state index in [-0.39, 0.29) is 30.4 Å². The quantitative estimate of drug-likeness (QED) is 0.882. The number of rotatable bonds is 4. The number of hydrogen-bond donors (Lipinski definition) is 2. The molecule has 0 radical (unpaired) electrons. The third-order valence-corrected chi connectivity index (χ3v) is 4.96. The molecule has 1 fully saturated rings. The Balaban J connectivity index is 1.71. The molecule has 3 rings (SSSR count). The van der Waals surface area contributed by atoms with Crippen molar-refractivity contribution in [1.29, 1.82) is 0 Å². The fourth-order valence-electron chi connectivity index (χ4n) is 3.63. The Bertz CT molecular complexity index is 511. The standard InChI is InChI=1S/C17H23NO2/c1-10(2)14(9-19)18-17(20)16-13-8-7-11-5-3-4-6-12(11)15(13)16/h3-6,10,13-16,19H,7-9H2,1-2H3,(H,18,20). The number of benzene rings is 1. The maximum Gasteiger partial charge on any atom is 0.224 e. The Labute approximate surface area is 120 Å². The number of carbonyl (C=O) groups is 1. The molecule has 0 aliphatic heterocycles. The molecule has 0 saturated heterocycles. The van der Waals surface area contributed by atoms with E-state index in [0.29, 0.717) is 11.8 Å². The number of aliphatic hydroxyl groups is 1. The smallest absolute Gasteiger partial charge is 0.224 e. The largest absolute Gasteiger partial charge is 0.394 e. The number of carbonyl (C=O) groups excluding carboxylic acids is 1. The van der Waals surface area contributed by atoms with Gasteiger partial charge in [-0.1, -0.05) is 38.1 Å². The van der Waals surface area contributed by atoms with Gasteiger partial charge in [-0.15, -0.1) is 0 Å². The van der Waals surface area contributed by atoms with Crippen molar-refractivity contribution in [2.45, 2.75) is 38.6 Å². The number of fused-ring (bicyclic) bond motifs is 3. The summed E-state index contributed by atoms with van der Waals surface area (Å²) in [5, 5.41) is 12.4. The summed E-state index contributed by atoms with van der Waals surface area (Å²) in [7, 11) is 0. The predicted molar refractivity (Wildman–Crippen MR) is 78.3 cm³/mol. The first-order valence-electron chi connectivity index (χ1n) is 7.62. The number of nitrogens with one attached hydrogen (secondary N) is 1. The fraction of sp³-hybridized carbons (Fsp3) is 0.588. The van der Waals surface area contributed by atoms with Crippen molar-refractivity contribution in [3.05, 3.63) is 35.4 Å². The predicted octanol–water partition coefficient (Wildman–Crippen LogP) is 2.10. The summed E-state index contributed by atoms with van der Waals surface area (Å²) < 4.78 is 0. The molecule has 2 aliphatic rings. The molecule has 1 aromatic rings. The maximum absolute atomic E-state index is 12.4. The summed E-state index contributed by atoms with van der Waals surface area (Å²) in [4.78, 5) is 12.4. The number of amides is 1. The first kappa shape index (κ1) is 13.6. The molecular weight excluding hydrogens is 250 g/mol. The lowest BCUT2D eigenvalue weighted by atomic mass is 9.92. The van der Waals surface area contributed by atoms with Crippen molar-refractivity contribution in [1.82, 2.24) is 5.32 Å². The van der Waals surface area contributed by atoms with E-state index in [0.717, 1.165) is 12.8 Å². The van der Waals surface area contributed by atoms with E-state index in [1.54, 1.807) is 0 Å². The van der Waals surface area contributed by atoms with Crippen LogP contribution in [0, 0.1) is 17.8 Å². The van der Waals surface area contributed by atoms with Crippen molar-refractivity contribution >= 4 is 5.91 Å². The lowest BCUT2D eigenvalue weighted by molar-refractivity contribution is -0.124. The van der Waals surface area contributed by atoms with Gasteiger partial charge < -0.3 is 10.4 Å². The second-order valence-corrected chi connectivity index (χ2v) is 6.49. The van der Waals surface area contributed by atoms with Gasteiger partial charge in [-0.3, -0.25) is 4.79 Å². The van der Waals surface area contributed by atoms with E-state index in [2.05, 4.69) is 29.6 Å². The van der Waals surface area contributed by atoms with Crippen LogP contribution < -0.4 is 5.32 Å².